The summed E-state index contributed by atoms with van der Waals surface area (Å²) >= 11 is 3.36. The largest absolute Gasteiger partial charge is 0.376 e. The van der Waals surface area contributed by atoms with E-state index >= 15 is 0 Å². The van der Waals surface area contributed by atoms with E-state index in [4.69, 9.17) is 4.74 Å². The van der Waals surface area contributed by atoms with Crippen LogP contribution in [0.1, 0.15) is 23.5 Å². The molecule has 1 amide bonds. The predicted octanol–water partition coefficient (Wildman–Crippen LogP) is 1.33. The molecule has 0 aliphatic carbocycles. The molecule has 7 nitrogen and oxygen atoms in total. The maximum absolute atomic E-state index is 11.9. The topological polar surface area (TPSA) is 81.9 Å². The Labute approximate surface area is 129 Å². The number of amides is 1. The first-order valence-electron chi connectivity index (χ1n) is 6.68. The highest BCUT2D eigenvalue weighted by Gasteiger charge is 2.19. The standard InChI is InChI=1S/C13H14BrN5O2/c14-9-3-5-10(6-4-9)19-17-12(16-18-19)13(20)15-8-11-2-1-7-21-11/h3-6,11H,1-2,7-8H2,(H,15,20). The Bertz CT molecular complexity index is 622. The van der Waals surface area contributed by atoms with Gasteiger partial charge in [-0.2, -0.15) is 0 Å². The lowest BCUT2D eigenvalue weighted by Crippen LogP contribution is -2.32. The van der Waals surface area contributed by atoms with Crippen molar-refractivity contribution in [2.45, 2.75) is 18.9 Å². The third-order valence-electron chi connectivity index (χ3n) is 3.19. The van der Waals surface area contributed by atoms with Gasteiger partial charge in [0.05, 0.1) is 11.8 Å². The van der Waals surface area contributed by atoms with Crippen LogP contribution in [0, 0.1) is 0 Å². The molecule has 0 radical (unpaired) electrons. The first-order chi connectivity index (χ1) is 10.2. The Kier molecular flexibility index (Phi) is 4.26. The summed E-state index contributed by atoms with van der Waals surface area (Å²) in [6.07, 6.45) is 2.10. The lowest BCUT2D eigenvalue weighted by atomic mass is 10.2. The SMILES string of the molecule is O=C(NCC1CCCO1)c1nnn(-c2ccc(Br)cc2)n1. The average Bonchev–Trinajstić information content (AvgIpc) is 3.17. The van der Waals surface area contributed by atoms with Crippen LogP contribution in [-0.2, 0) is 4.74 Å². The first-order valence-corrected chi connectivity index (χ1v) is 7.47. The van der Waals surface area contributed by atoms with Crippen LogP contribution in [0.2, 0.25) is 0 Å². The summed E-state index contributed by atoms with van der Waals surface area (Å²) in [6.45, 7) is 1.24. The monoisotopic (exact) mass is 351 g/mol. The van der Waals surface area contributed by atoms with Crippen LogP contribution in [0.4, 0.5) is 0 Å². The second kappa shape index (κ2) is 6.31. The van der Waals surface area contributed by atoms with E-state index in [0.29, 0.717) is 6.54 Å². The number of nitrogens with one attached hydrogen (secondary N) is 1. The Morgan fingerprint density at radius 2 is 2.24 bits per heavy atom. The minimum Gasteiger partial charge on any atom is -0.376 e. The summed E-state index contributed by atoms with van der Waals surface area (Å²) < 4.78 is 6.40. The summed E-state index contributed by atoms with van der Waals surface area (Å²) in [5.41, 5.74) is 0.740. The number of aromatic nitrogens is 4. The molecule has 21 heavy (non-hydrogen) atoms. The van der Waals surface area contributed by atoms with Crippen molar-refractivity contribution in [2.75, 3.05) is 13.2 Å². The van der Waals surface area contributed by atoms with Gasteiger partial charge in [0.25, 0.3) is 11.7 Å². The van der Waals surface area contributed by atoms with Gasteiger partial charge < -0.3 is 10.1 Å². The summed E-state index contributed by atoms with van der Waals surface area (Å²) in [6, 6.07) is 7.41. The molecule has 1 atom stereocenters. The number of halogens is 1. The summed E-state index contributed by atoms with van der Waals surface area (Å²) in [5, 5.41) is 14.5. The van der Waals surface area contributed by atoms with Crippen LogP contribution in [0.5, 0.6) is 0 Å². The van der Waals surface area contributed by atoms with Crippen LogP contribution in [0.3, 0.4) is 0 Å². The molecule has 1 unspecified atom stereocenters. The van der Waals surface area contributed by atoms with Gasteiger partial charge in [-0.25, -0.2) is 0 Å². The molecule has 2 aromatic rings. The van der Waals surface area contributed by atoms with Gasteiger partial charge in [0.2, 0.25) is 0 Å². The Morgan fingerprint density at radius 1 is 1.43 bits per heavy atom. The number of carbonyl (C=O) groups is 1. The molecule has 110 valence electrons. The van der Waals surface area contributed by atoms with E-state index in [1.165, 1.54) is 4.80 Å². The molecule has 1 aliphatic heterocycles. The predicted molar refractivity (Wildman–Crippen MR) is 78.2 cm³/mol. The van der Waals surface area contributed by atoms with Crippen LogP contribution < -0.4 is 5.32 Å². The van der Waals surface area contributed by atoms with Crippen LogP contribution in [0.25, 0.3) is 5.69 Å². The number of hydrogen-bond acceptors (Lipinski definition) is 5. The van der Waals surface area contributed by atoms with Crippen molar-refractivity contribution in [3.63, 3.8) is 0 Å². The Morgan fingerprint density at radius 3 is 2.95 bits per heavy atom. The van der Waals surface area contributed by atoms with Crippen molar-refractivity contribution in [1.29, 1.82) is 0 Å². The molecule has 0 spiro atoms. The molecular formula is C13H14BrN5O2. The van der Waals surface area contributed by atoms with Gasteiger partial charge in [0.1, 0.15) is 0 Å². The number of nitrogens with zero attached hydrogens (tertiary/aromatic N) is 4. The van der Waals surface area contributed by atoms with Gasteiger partial charge in [-0.15, -0.1) is 15.0 Å². The fourth-order valence-corrected chi connectivity index (χ4v) is 2.34. The number of ether oxygens (including phenoxy) is 1. The van der Waals surface area contributed by atoms with Crippen LogP contribution in [0.15, 0.2) is 28.7 Å². The second-order valence-electron chi connectivity index (χ2n) is 4.72. The van der Waals surface area contributed by atoms with Gasteiger partial charge in [-0.1, -0.05) is 15.9 Å². The van der Waals surface area contributed by atoms with E-state index in [2.05, 4.69) is 36.7 Å². The Balaban J connectivity index is 1.63. The van der Waals surface area contributed by atoms with Crippen LogP contribution >= 0.6 is 15.9 Å². The summed E-state index contributed by atoms with van der Waals surface area (Å²) in [7, 11) is 0. The van der Waals surface area contributed by atoms with Gasteiger partial charge in [-0.05, 0) is 42.3 Å². The van der Waals surface area contributed by atoms with Crippen molar-refractivity contribution in [1.82, 2.24) is 25.5 Å². The number of benzene rings is 1. The lowest BCUT2D eigenvalue weighted by molar-refractivity contribution is 0.0849. The van der Waals surface area contributed by atoms with Crippen molar-refractivity contribution >= 4 is 21.8 Å². The quantitative estimate of drug-likeness (QED) is 0.898. The normalized spacial score (nSPS) is 17.9. The molecule has 1 aromatic heterocycles. The molecular weight excluding hydrogens is 338 g/mol. The summed E-state index contributed by atoms with van der Waals surface area (Å²) in [4.78, 5) is 13.3. The number of tetrazole rings is 1. The molecule has 1 aromatic carbocycles. The van der Waals surface area contributed by atoms with Crippen molar-refractivity contribution in [3.05, 3.63) is 34.6 Å². The summed E-state index contributed by atoms with van der Waals surface area (Å²) in [5.74, 6) is -0.287. The maximum atomic E-state index is 11.9. The second-order valence-corrected chi connectivity index (χ2v) is 5.64. The molecule has 1 aliphatic rings. The van der Waals surface area contributed by atoms with Gasteiger partial charge in [0.15, 0.2) is 0 Å². The number of carbonyl (C=O) groups excluding carboxylic acids is 1. The van der Waals surface area contributed by atoms with E-state index in [1.807, 2.05) is 24.3 Å². The van der Waals surface area contributed by atoms with Crippen molar-refractivity contribution < 1.29 is 9.53 Å². The third kappa shape index (κ3) is 3.45. The fraction of sp³-hybridized carbons (Fsp3) is 0.385. The van der Waals surface area contributed by atoms with Gasteiger partial charge in [0, 0.05) is 17.6 Å². The molecule has 0 bridgehead atoms. The number of hydrogen-bond donors (Lipinski definition) is 1. The highest BCUT2D eigenvalue weighted by molar-refractivity contribution is 9.10. The fourth-order valence-electron chi connectivity index (χ4n) is 2.08. The molecule has 8 heteroatoms. The zero-order valence-electron chi connectivity index (χ0n) is 11.2. The maximum Gasteiger partial charge on any atom is 0.293 e. The third-order valence-corrected chi connectivity index (χ3v) is 3.72. The molecule has 1 fully saturated rings. The zero-order chi connectivity index (χ0) is 14.7. The highest BCUT2D eigenvalue weighted by Crippen LogP contribution is 2.12. The van der Waals surface area contributed by atoms with Gasteiger partial charge >= 0.3 is 0 Å². The first kappa shape index (κ1) is 14.2. The van der Waals surface area contributed by atoms with Crippen molar-refractivity contribution in [2.24, 2.45) is 0 Å². The Hall–Kier alpha value is -1.80. The molecule has 3 rings (SSSR count). The van der Waals surface area contributed by atoms with E-state index in [0.717, 1.165) is 29.6 Å². The molecule has 0 saturated carbocycles. The zero-order valence-corrected chi connectivity index (χ0v) is 12.8. The van der Waals surface area contributed by atoms with E-state index < -0.39 is 0 Å². The van der Waals surface area contributed by atoms with E-state index in [-0.39, 0.29) is 17.8 Å². The van der Waals surface area contributed by atoms with E-state index in [1.54, 1.807) is 0 Å². The van der Waals surface area contributed by atoms with Crippen LogP contribution in [-0.4, -0.2) is 45.4 Å². The lowest BCUT2D eigenvalue weighted by Gasteiger charge is -2.08. The molecule has 1 saturated heterocycles. The van der Waals surface area contributed by atoms with Crippen molar-refractivity contribution in [3.8, 4) is 5.69 Å². The number of rotatable bonds is 4. The molecule has 1 N–H and O–H groups in total. The smallest absolute Gasteiger partial charge is 0.293 e. The minimum atomic E-state index is -0.339. The average molecular weight is 352 g/mol. The van der Waals surface area contributed by atoms with E-state index in [9.17, 15) is 4.79 Å². The van der Waals surface area contributed by atoms with Gasteiger partial charge in [-0.3, -0.25) is 4.79 Å². The highest BCUT2D eigenvalue weighted by atomic mass is 79.9. The molecule has 2 heterocycles. The minimum absolute atomic E-state index is 0.0518.